The van der Waals surface area contributed by atoms with Gasteiger partial charge in [0.15, 0.2) is 0 Å². The predicted molar refractivity (Wildman–Crippen MR) is 213 cm³/mol. The van der Waals surface area contributed by atoms with E-state index < -0.39 is 10.8 Å². The summed E-state index contributed by atoms with van der Waals surface area (Å²) in [6.07, 6.45) is 17.4. The molecule has 0 radical (unpaired) electrons. The van der Waals surface area contributed by atoms with Gasteiger partial charge in [0.2, 0.25) is 0 Å². The van der Waals surface area contributed by atoms with Crippen LogP contribution in [0.5, 0.6) is 0 Å². The number of hydrogen-bond acceptors (Lipinski definition) is 8. The number of ether oxygens (including phenoxy) is 5. The predicted octanol–water partition coefficient (Wildman–Crippen LogP) is 9.63. The van der Waals surface area contributed by atoms with Gasteiger partial charge in [-0.15, -0.1) is 19.7 Å². The Bertz CT molecular complexity index is 1350. The molecule has 0 heterocycles. The molecular formula is C46H64O8. The maximum Gasteiger partial charge on any atom is 0.314 e. The van der Waals surface area contributed by atoms with Gasteiger partial charge in [-0.2, -0.15) is 0 Å². The summed E-state index contributed by atoms with van der Waals surface area (Å²) in [5.74, 6) is 0.846. The molecule has 0 amide bonds. The highest BCUT2D eigenvalue weighted by molar-refractivity contribution is 5.78. The lowest BCUT2D eigenvalue weighted by Crippen LogP contribution is -2.40. The fourth-order valence-electron chi connectivity index (χ4n) is 8.66. The summed E-state index contributed by atoms with van der Waals surface area (Å²) in [6.45, 7) is 13.2. The van der Waals surface area contributed by atoms with E-state index in [2.05, 4.69) is 19.7 Å². The zero-order valence-electron chi connectivity index (χ0n) is 33.0. The summed E-state index contributed by atoms with van der Waals surface area (Å²) in [4.78, 5) is 35.9. The number of allylic oxidation sites excluding steroid dienone is 3. The van der Waals surface area contributed by atoms with E-state index in [4.69, 9.17) is 23.7 Å². The van der Waals surface area contributed by atoms with Crippen LogP contribution in [-0.4, -0.2) is 52.5 Å². The Morgan fingerprint density at radius 1 is 0.611 bits per heavy atom. The molecule has 0 N–H and O–H groups in total. The molecule has 5 rings (SSSR count). The molecule has 3 saturated carbocycles. The van der Waals surface area contributed by atoms with Crippen molar-refractivity contribution in [1.82, 2.24) is 0 Å². The fourth-order valence-corrected chi connectivity index (χ4v) is 8.66. The highest BCUT2D eigenvalue weighted by Crippen LogP contribution is 2.48. The van der Waals surface area contributed by atoms with Crippen molar-refractivity contribution in [1.29, 1.82) is 0 Å². The second-order valence-corrected chi connectivity index (χ2v) is 14.8. The van der Waals surface area contributed by atoms with Crippen molar-refractivity contribution in [3.05, 3.63) is 110 Å². The van der Waals surface area contributed by atoms with Gasteiger partial charge in [-0.25, -0.2) is 0 Å². The fraction of sp³-hybridized carbons (Fsp3) is 0.543. The first kappa shape index (κ1) is 44.4. The van der Waals surface area contributed by atoms with Crippen molar-refractivity contribution in [3.8, 4) is 0 Å². The minimum atomic E-state index is -0.502. The third-order valence-electron chi connectivity index (χ3n) is 11.6. The van der Waals surface area contributed by atoms with Crippen LogP contribution in [0.4, 0.5) is 0 Å². The summed E-state index contributed by atoms with van der Waals surface area (Å²) >= 11 is 0. The molecule has 8 heteroatoms. The lowest BCUT2D eigenvalue weighted by atomic mass is 9.76. The van der Waals surface area contributed by atoms with Gasteiger partial charge in [0.05, 0.1) is 64.5 Å². The number of hydrogen-bond donors (Lipinski definition) is 0. The number of carbonyl (C=O) groups excluding carboxylic acids is 3. The summed E-state index contributed by atoms with van der Waals surface area (Å²) in [5.41, 5.74) is 1.24. The highest BCUT2D eigenvalue weighted by atomic mass is 16.5. The van der Waals surface area contributed by atoms with Crippen LogP contribution in [0.2, 0.25) is 0 Å². The first-order valence-corrected chi connectivity index (χ1v) is 19.6. The van der Waals surface area contributed by atoms with E-state index in [0.717, 1.165) is 88.2 Å². The number of rotatable bonds is 17. The van der Waals surface area contributed by atoms with Crippen LogP contribution in [-0.2, 0) is 51.3 Å². The Balaban J connectivity index is 0.000000227. The second-order valence-electron chi connectivity index (χ2n) is 14.8. The van der Waals surface area contributed by atoms with Crippen LogP contribution in [0.3, 0.4) is 0 Å². The molecule has 0 aromatic heterocycles. The Kier molecular flexibility index (Phi) is 19.5. The van der Waals surface area contributed by atoms with Gasteiger partial charge in [0, 0.05) is 0 Å². The third-order valence-corrected chi connectivity index (χ3v) is 11.6. The number of benzene rings is 2. The Morgan fingerprint density at radius 2 is 1.06 bits per heavy atom. The molecule has 8 nitrogen and oxygen atoms in total. The van der Waals surface area contributed by atoms with E-state index in [1.165, 1.54) is 21.3 Å². The van der Waals surface area contributed by atoms with Crippen molar-refractivity contribution in [3.63, 3.8) is 0 Å². The highest BCUT2D eigenvalue weighted by Gasteiger charge is 2.50. The van der Waals surface area contributed by atoms with Gasteiger partial charge < -0.3 is 23.7 Å². The van der Waals surface area contributed by atoms with Crippen LogP contribution < -0.4 is 0 Å². The monoisotopic (exact) mass is 744 g/mol. The minimum Gasteiger partial charge on any atom is -0.469 e. The molecule has 0 saturated heterocycles. The smallest absolute Gasteiger partial charge is 0.314 e. The Hall–Kier alpha value is -4.01. The lowest BCUT2D eigenvalue weighted by molar-refractivity contribution is -0.161. The zero-order chi connectivity index (χ0) is 39.2. The van der Waals surface area contributed by atoms with Crippen molar-refractivity contribution < 1.29 is 38.1 Å². The molecule has 296 valence electrons. The van der Waals surface area contributed by atoms with E-state index in [-0.39, 0.29) is 35.7 Å². The van der Waals surface area contributed by atoms with Gasteiger partial charge in [0.1, 0.15) is 0 Å². The number of esters is 3. The third kappa shape index (κ3) is 12.3. The van der Waals surface area contributed by atoms with Crippen molar-refractivity contribution in [2.24, 2.45) is 34.5 Å². The van der Waals surface area contributed by atoms with Gasteiger partial charge in [-0.05, 0) is 86.7 Å². The van der Waals surface area contributed by atoms with E-state index in [1.54, 1.807) is 0 Å². The van der Waals surface area contributed by atoms with E-state index >= 15 is 0 Å². The molecule has 6 atom stereocenters. The molecule has 0 unspecified atom stereocenters. The van der Waals surface area contributed by atoms with Crippen molar-refractivity contribution in [2.75, 3.05) is 34.5 Å². The Morgan fingerprint density at radius 3 is 1.44 bits per heavy atom. The van der Waals surface area contributed by atoms with Crippen LogP contribution in [0, 0.1) is 34.5 Å². The second kappa shape index (κ2) is 23.7. The maximum atomic E-state index is 12.3. The average Bonchev–Trinajstić information content (AvgIpc) is 3.96. The molecule has 0 spiro atoms. The summed E-state index contributed by atoms with van der Waals surface area (Å²) in [6, 6.07) is 20.0. The lowest BCUT2D eigenvalue weighted by Gasteiger charge is -2.32. The molecule has 2 aromatic carbocycles. The zero-order valence-corrected chi connectivity index (χ0v) is 33.0. The summed E-state index contributed by atoms with van der Waals surface area (Å²) in [5, 5.41) is 0. The van der Waals surface area contributed by atoms with Crippen LogP contribution in [0.15, 0.2) is 98.6 Å². The number of carbonyl (C=O) groups is 3. The normalized spacial score (nSPS) is 25.5. The standard InChI is InChI=1S/2C18H24O3.C10H16O2/c2*1-3-8-16-11-7-12-18(16,17(19)20-2)14-21-13-15-9-5-4-6-10-15;1-3-5-8-6-4-7-9(8)10(11)12-2/h2*3-6,9-10,16H,1,7-8,11-14H2,2H3;3,8-9H,1,4-7H2,2H3/t16-,18+;16-,18-;8-,9-/m111/s1. The van der Waals surface area contributed by atoms with Gasteiger partial charge in [-0.1, -0.05) is 98.2 Å². The first-order chi connectivity index (χ1) is 26.2. The topological polar surface area (TPSA) is 97.4 Å². The molecule has 0 aliphatic heterocycles. The SMILES string of the molecule is C=CC[C@@H]1CCC[C@@]1(COCc1ccccc1)C(=O)OC.C=CC[C@@H]1CCC[C@H]1C(=O)OC.C=CC[C@@H]1CCC[C@]1(COCc1ccccc1)C(=O)OC. The molecule has 54 heavy (non-hydrogen) atoms. The van der Waals surface area contributed by atoms with Crippen LogP contribution in [0.25, 0.3) is 0 Å². The maximum absolute atomic E-state index is 12.3. The van der Waals surface area contributed by atoms with Gasteiger partial charge in [0.25, 0.3) is 0 Å². The Labute approximate surface area is 324 Å². The molecule has 3 aliphatic rings. The quantitative estimate of drug-likeness (QED) is 0.0898. The van der Waals surface area contributed by atoms with Crippen molar-refractivity contribution >= 4 is 17.9 Å². The van der Waals surface area contributed by atoms with E-state index in [1.807, 2.05) is 78.9 Å². The summed E-state index contributed by atoms with van der Waals surface area (Å²) < 4.78 is 26.6. The molecule has 3 fully saturated rings. The first-order valence-electron chi connectivity index (χ1n) is 19.6. The average molecular weight is 745 g/mol. The van der Waals surface area contributed by atoms with Crippen LogP contribution >= 0.6 is 0 Å². The molecular weight excluding hydrogens is 680 g/mol. The number of methoxy groups -OCH3 is 3. The van der Waals surface area contributed by atoms with Crippen molar-refractivity contribution in [2.45, 2.75) is 90.3 Å². The summed E-state index contributed by atoms with van der Waals surface area (Å²) in [7, 11) is 4.39. The van der Waals surface area contributed by atoms with E-state index in [0.29, 0.717) is 32.3 Å². The van der Waals surface area contributed by atoms with E-state index in [9.17, 15) is 14.4 Å². The molecule has 0 bridgehead atoms. The van der Waals surface area contributed by atoms with Crippen LogP contribution in [0.1, 0.15) is 88.2 Å². The minimum absolute atomic E-state index is 0.0423. The largest absolute Gasteiger partial charge is 0.469 e. The van der Waals surface area contributed by atoms with Gasteiger partial charge >= 0.3 is 17.9 Å². The molecule has 3 aliphatic carbocycles. The molecule has 2 aromatic rings. The van der Waals surface area contributed by atoms with Gasteiger partial charge in [-0.3, -0.25) is 14.4 Å².